The zero-order valence-electron chi connectivity index (χ0n) is 10.00. The molecule has 0 saturated heterocycles. The molecule has 1 saturated carbocycles. The topological polar surface area (TPSA) is 29.5 Å². The van der Waals surface area contributed by atoms with Gasteiger partial charge in [0.25, 0.3) is 5.92 Å². The average molecular weight is 260 g/mol. The van der Waals surface area contributed by atoms with Crippen molar-refractivity contribution in [3.05, 3.63) is 29.6 Å². The van der Waals surface area contributed by atoms with Gasteiger partial charge in [0.05, 0.1) is 12.7 Å². The summed E-state index contributed by atoms with van der Waals surface area (Å²) in [6, 6.07) is 3.18. The minimum absolute atomic E-state index is 0.0237. The molecule has 0 aliphatic heterocycles. The smallest absolute Gasteiger partial charge is 0.270 e. The van der Waals surface area contributed by atoms with Crippen LogP contribution in [0.5, 0.6) is 5.75 Å². The second-order valence-electron chi connectivity index (χ2n) is 4.84. The molecule has 0 heterocycles. The molecule has 0 spiro atoms. The van der Waals surface area contributed by atoms with E-state index < -0.39 is 11.7 Å². The molecule has 0 aromatic heterocycles. The Bertz CT molecular complexity index is 423. The van der Waals surface area contributed by atoms with Gasteiger partial charge in [-0.25, -0.2) is 13.2 Å². The summed E-state index contributed by atoms with van der Waals surface area (Å²) >= 11 is 0. The Morgan fingerprint density at radius 1 is 1.39 bits per heavy atom. The van der Waals surface area contributed by atoms with Gasteiger partial charge in [-0.1, -0.05) is 0 Å². The molecule has 1 aliphatic carbocycles. The maximum Gasteiger partial charge on any atom is 0.270 e. The second-order valence-corrected chi connectivity index (χ2v) is 4.84. The van der Waals surface area contributed by atoms with E-state index in [2.05, 4.69) is 0 Å². The predicted molar refractivity (Wildman–Crippen MR) is 60.2 cm³/mol. The van der Waals surface area contributed by atoms with E-state index >= 15 is 0 Å². The maximum atomic E-state index is 13.5. The van der Waals surface area contributed by atoms with Gasteiger partial charge in [-0.3, -0.25) is 0 Å². The molecule has 5 heteroatoms. The Morgan fingerprint density at radius 3 is 2.56 bits per heavy atom. The van der Waals surface area contributed by atoms with Crippen molar-refractivity contribution in [2.75, 3.05) is 6.61 Å². The monoisotopic (exact) mass is 260 g/mol. The van der Waals surface area contributed by atoms with Crippen LogP contribution in [-0.4, -0.2) is 17.8 Å². The molecule has 1 fully saturated rings. The van der Waals surface area contributed by atoms with Gasteiger partial charge in [0.15, 0.2) is 11.6 Å². The fraction of sp³-hybridized carbons (Fsp3) is 0.538. The third-order valence-corrected chi connectivity index (χ3v) is 3.12. The van der Waals surface area contributed by atoms with Gasteiger partial charge in [0.2, 0.25) is 0 Å². The highest BCUT2D eigenvalue weighted by Crippen LogP contribution is 2.32. The minimum Gasteiger partial charge on any atom is -0.490 e. The Hall–Kier alpha value is -1.23. The normalized spacial score (nSPS) is 23.6. The highest BCUT2D eigenvalue weighted by Gasteiger charge is 2.28. The van der Waals surface area contributed by atoms with Crippen LogP contribution >= 0.6 is 0 Å². The van der Waals surface area contributed by atoms with Crippen LogP contribution in [0.2, 0.25) is 0 Å². The fourth-order valence-electron chi connectivity index (χ4n) is 1.94. The number of hydrogen-bond donors (Lipinski definition) is 1. The van der Waals surface area contributed by atoms with Gasteiger partial charge in [0.1, 0.15) is 0 Å². The lowest BCUT2D eigenvalue weighted by molar-refractivity contribution is 0.0157. The van der Waals surface area contributed by atoms with Crippen molar-refractivity contribution in [1.82, 2.24) is 0 Å². The van der Waals surface area contributed by atoms with Gasteiger partial charge in [-0.2, -0.15) is 0 Å². The summed E-state index contributed by atoms with van der Waals surface area (Å²) in [4.78, 5) is 0. The molecule has 0 atom stereocenters. The number of alkyl halides is 2. The molecule has 0 amide bonds. The van der Waals surface area contributed by atoms with E-state index in [1.54, 1.807) is 0 Å². The molecule has 2 nitrogen and oxygen atoms in total. The summed E-state index contributed by atoms with van der Waals surface area (Å²) in [5.41, 5.74) is -0.369. The molecule has 1 aromatic carbocycles. The summed E-state index contributed by atoms with van der Waals surface area (Å²) in [5, 5.41) is 9.08. The van der Waals surface area contributed by atoms with E-state index in [9.17, 15) is 13.2 Å². The van der Waals surface area contributed by atoms with Crippen LogP contribution < -0.4 is 4.74 Å². The van der Waals surface area contributed by atoms with Gasteiger partial charge < -0.3 is 9.84 Å². The van der Waals surface area contributed by atoms with E-state index in [0.717, 1.165) is 19.1 Å². The van der Waals surface area contributed by atoms with Gasteiger partial charge in [-0.15, -0.1) is 0 Å². The summed E-state index contributed by atoms with van der Waals surface area (Å²) in [6.07, 6.45) is 1.00. The first kappa shape index (κ1) is 13.2. The standard InChI is InChI=1S/C13H15F3O2/c1-13(15,16)9-2-3-12(11(14)6-9)18-7-8-4-10(17)5-8/h2-3,6,8,10,17H,4-5,7H2,1H3. The number of hydrogen-bond acceptors (Lipinski definition) is 2. The largest absolute Gasteiger partial charge is 0.490 e. The molecule has 2 rings (SSSR count). The highest BCUT2D eigenvalue weighted by molar-refractivity contribution is 5.31. The highest BCUT2D eigenvalue weighted by atomic mass is 19.3. The van der Waals surface area contributed by atoms with Crippen molar-refractivity contribution in [2.45, 2.75) is 31.8 Å². The van der Waals surface area contributed by atoms with Gasteiger partial charge in [0, 0.05) is 12.5 Å². The predicted octanol–water partition coefficient (Wildman–Crippen LogP) is 3.09. The first-order valence-corrected chi connectivity index (χ1v) is 5.85. The zero-order chi connectivity index (χ0) is 13.3. The molecule has 0 radical (unpaired) electrons. The first-order chi connectivity index (χ1) is 8.36. The molecular weight excluding hydrogens is 245 g/mol. The Labute approximate surface area is 103 Å². The lowest BCUT2D eigenvalue weighted by atomic mass is 9.83. The van der Waals surface area contributed by atoms with E-state index in [-0.39, 0.29) is 23.3 Å². The van der Waals surface area contributed by atoms with E-state index in [1.165, 1.54) is 6.07 Å². The molecule has 1 aliphatic rings. The minimum atomic E-state index is -3.06. The van der Waals surface area contributed by atoms with Crippen molar-refractivity contribution in [3.8, 4) is 5.75 Å². The molecule has 0 unspecified atom stereocenters. The van der Waals surface area contributed by atoms with E-state index in [1.807, 2.05) is 0 Å². The summed E-state index contributed by atoms with van der Waals surface area (Å²) in [7, 11) is 0. The molecule has 1 N–H and O–H groups in total. The van der Waals surface area contributed by atoms with Crippen LogP contribution in [0.3, 0.4) is 0 Å². The van der Waals surface area contributed by atoms with Crippen LogP contribution in [0.25, 0.3) is 0 Å². The van der Waals surface area contributed by atoms with Crippen LogP contribution in [-0.2, 0) is 5.92 Å². The van der Waals surface area contributed by atoms with E-state index in [4.69, 9.17) is 9.84 Å². The molecular formula is C13H15F3O2. The maximum absolute atomic E-state index is 13.5. The number of rotatable bonds is 4. The quantitative estimate of drug-likeness (QED) is 0.901. The lowest BCUT2D eigenvalue weighted by Gasteiger charge is -2.31. The first-order valence-electron chi connectivity index (χ1n) is 5.85. The number of aliphatic hydroxyl groups excluding tert-OH is 1. The SMILES string of the molecule is CC(F)(F)c1ccc(OCC2CC(O)C2)c(F)c1. The Balaban J connectivity index is 1.97. The van der Waals surface area contributed by atoms with Crippen LogP contribution in [0.1, 0.15) is 25.3 Å². The number of halogens is 3. The zero-order valence-corrected chi connectivity index (χ0v) is 10.00. The van der Waals surface area contributed by atoms with Gasteiger partial charge >= 0.3 is 0 Å². The fourth-order valence-corrected chi connectivity index (χ4v) is 1.94. The van der Waals surface area contributed by atoms with Gasteiger partial charge in [-0.05, 0) is 37.0 Å². The third kappa shape index (κ3) is 2.96. The van der Waals surface area contributed by atoms with Crippen LogP contribution in [0.15, 0.2) is 18.2 Å². The molecule has 18 heavy (non-hydrogen) atoms. The number of aliphatic hydroxyl groups is 1. The Morgan fingerprint density at radius 2 is 2.06 bits per heavy atom. The van der Waals surface area contributed by atoms with Crippen LogP contribution in [0.4, 0.5) is 13.2 Å². The van der Waals surface area contributed by atoms with Crippen molar-refractivity contribution in [1.29, 1.82) is 0 Å². The number of ether oxygens (including phenoxy) is 1. The third-order valence-electron chi connectivity index (χ3n) is 3.12. The van der Waals surface area contributed by atoms with E-state index in [0.29, 0.717) is 19.4 Å². The second kappa shape index (κ2) is 4.80. The van der Waals surface area contributed by atoms with Crippen molar-refractivity contribution < 1.29 is 23.0 Å². The number of benzene rings is 1. The van der Waals surface area contributed by atoms with Crippen LogP contribution in [0, 0.1) is 11.7 Å². The molecule has 100 valence electrons. The lowest BCUT2D eigenvalue weighted by Crippen LogP contribution is -2.32. The van der Waals surface area contributed by atoms with Crippen molar-refractivity contribution in [3.63, 3.8) is 0 Å². The van der Waals surface area contributed by atoms with Crippen molar-refractivity contribution >= 4 is 0 Å². The van der Waals surface area contributed by atoms with Crippen molar-refractivity contribution in [2.24, 2.45) is 5.92 Å². The average Bonchev–Trinajstić information content (AvgIpc) is 2.22. The summed E-state index contributed by atoms with van der Waals surface area (Å²) in [6.45, 7) is 1.02. The molecule has 1 aromatic rings. The molecule has 0 bridgehead atoms. The summed E-state index contributed by atoms with van der Waals surface area (Å²) in [5.74, 6) is -3.65. The Kier molecular flexibility index (Phi) is 3.52. The summed E-state index contributed by atoms with van der Waals surface area (Å²) < 4.78 is 44.7.